The normalized spacial score (nSPS) is 21.2. The molecule has 3 aromatic carbocycles. The molecule has 0 bridgehead atoms. The van der Waals surface area contributed by atoms with Crippen molar-refractivity contribution in [2.24, 2.45) is 0 Å². The number of benzene rings is 3. The highest BCUT2D eigenvalue weighted by atomic mass is 19.1. The number of amides is 7. The first-order valence-electron chi connectivity index (χ1n) is 34.2. The molecular weight excluding hydrogens is 1180 g/mol. The van der Waals surface area contributed by atoms with Crippen molar-refractivity contribution in [1.82, 2.24) is 39.5 Å². The number of hydrogen-bond acceptors (Lipinski definition) is 13. The lowest BCUT2D eigenvalue weighted by atomic mass is 9.74. The van der Waals surface area contributed by atoms with E-state index < -0.39 is 0 Å². The van der Waals surface area contributed by atoms with E-state index in [9.17, 15) is 33.2 Å². The second-order valence-corrected chi connectivity index (χ2v) is 27.3. The number of likely N-dealkylation sites (tertiary alicyclic amines) is 6. The van der Waals surface area contributed by atoms with Gasteiger partial charge in [0.1, 0.15) is 12.1 Å². The molecule has 4 aromatic rings. The number of para-hydroxylation sites is 2. The van der Waals surface area contributed by atoms with E-state index in [2.05, 4.69) is 75.0 Å². The molecule has 93 heavy (non-hydrogen) atoms. The van der Waals surface area contributed by atoms with Gasteiger partial charge >= 0.3 is 18.2 Å². The zero-order valence-electron chi connectivity index (χ0n) is 55.6. The maximum Gasteiger partial charge on any atom is 0.410 e. The molecule has 7 amide bonds. The number of carbonyl (C=O) groups excluding carboxylic acids is 6. The summed E-state index contributed by atoms with van der Waals surface area (Å²) in [5.74, 6) is 5.85. The van der Waals surface area contributed by atoms with E-state index in [-0.39, 0.29) is 64.6 Å². The molecule has 3 spiro atoms. The van der Waals surface area contributed by atoms with Gasteiger partial charge in [0, 0.05) is 151 Å². The van der Waals surface area contributed by atoms with Crippen molar-refractivity contribution in [3.8, 4) is 11.8 Å². The molecule has 0 saturated carbocycles. The Bertz CT molecular complexity index is 3340. The fraction of sp³-hybridized carbons (Fsp3) is 0.597. The van der Waals surface area contributed by atoms with E-state index in [4.69, 9.17) is 14.0 Å². The van der Waals surface area contributed by atoms with Crippen molar-refractivity contribution in [1.29, 1.82) is 0 Å². The predicted octanol–water partition coefficient (Wildman–Crippen LogP) is 9.75. The summed E-state index contributed by atoms with van der Waals surface area (Å²) in [6.45, 7) is 20.6. The van der Waals surface area contributed by atoms with Crippen molar-refractivity contribution in [3.63, 3.8) is 0 Å². The summed E-state index contributed by atoms with van der Waals surface area (Å²) >= 11 is 0. The van der Waals surface area contributed by atoms with E-state index in [0.717, 1.165) is 191 Å². The second kappa shape index (κ2) is 29.4. The first-order valence-corrected chi connectivity index (χ1v) is 34.2. The van der Waals surface area contributed by atoms with Gasteiger partial charge in [-0.3, -0.25) is 19.3 Å². The number of ether oxygens (including phenoxy) is 2. The Morgan fingerprint density at radius 3 is 1.41 bits per heavy atom. The smallest absolute Gasteiger partial charge is 0.410 e. The van der Waals surface area contributed by atoms with Gasteiger partial charge in [-0.25, -0.2) is 18.8 Å². The number of carbonyl (C=O) groups is 6. The van der Waals surface area contributed by atoms with Gasteiger partial charge in [-0.2, -0.15) is 0 Å². The Hall–Kier alpha value is -7.54. The second-order valence-electron chi connectivity index (χ2n) is 27.3. The van der Waals surface area contributed by atoms with E-state index >= 15 is 0 Å². The third-order valence-corrected chi connectivity index (χ3v) is 21.8. The third-order valence-electron chi connectivity index (χ3n) is 21.8. The average molecular weight is 1280 g/mol. The molecule has 0 radical (unpaired) electrons. The number of anilines is 3. The predicted molar refractivity (Wildman–Crippen MR) is 355 cm³/mol. The summed E-state index contributed by atoms with van der Waals surface area (Å²) in [7, 11) is 3.50. The minimum absolute atomic E-state index is 0.0636. The molecule has 6 saturated heterocycles. The van der Waals surface area contributed by atoms with Crippen LogP contribution in [0.15, 0.2) is 83.6 Å². The number of unbranched alkanes of at least 4 members (excludes halogenated alkanes) is 1. The van der Waals surface area contributed by atoms with E-state index in [0.29, 0.717) is 50.1 Å². The maximum absolute atomic E-state index is 14.2. The summed E-state index contributed by atoms with van der Waals surface area (Å²) in [6, 6.07) is 24.7. The molecule has 9 aliphatic rings. The standard InChI is InChI=1S/C26H35N3O3.C24H30FN5O3.C22H31N3O3/c1-3-4-5-8-19-32-25(31)28-15-11-22(12-16-28)27-17-13-26(14-18-27)20-29(21(2)30)24-10-7-6-9-23(24)26;1-27(2)23(32)30-16-24(19-15-17(25)3-4-21(19)30)8-12-28(13-9-24)18-5-10-29(11-6-18)22(31)20-7-14-33-26-20;1-3-28-21(27)24-12-8-18(9-13-24)23-14-10-22(11-15-23)16-25(17(2)26)20-7-5-4-6-19(20)22/h6-7,9-10,22H,3-4,11-20H2,1-2H3;3-4,7,14-15,18H,5-6,8-13,16H2,1-2H3;4-7,18H,3,8-16H2,1-2H3. The van der Waals surface area contributed by atoms with Crippen LogP contribution in [0.25, 0.3) is 0 Å². The SMILES string of the molecule is CCCC#CCOC(=O)N1CCC(N2CCC3(CC2)CN(C(C)=O)c2ccccc23)CC1.CCOC(=O)N1CCC(N2CCC3(CC2)CN(C(C)=O)c2ccccc23)CC1.CN(C)C(=O)N1CC2(CCN(C3CCN(C(=O)c4ccon4)CC3)CC2)c2cc(F)ccc21. The van der Waals surface area contributed by atoms with Crippen LogP contribution in [0.5, 0.6) is 0 Å². The zero-order valence-corrected chi connectivity index (χ0v) is 55.6. The molecule has 0 N–H and O–H groups in total. The Labute approximate surface area is 548 Å². The fourth-order valence-electron chi connectivity index (χ4n) is 16.5. The Morgan fingerprint density at radius 1 is 0.548 bits per heavy atom. The maximum atomic E-state index is 14.2. The topological polar surface area (TPSA) is 179 Å². The fourth-order valence-corrected chi connectivity index (χ4v) is 16.5. The molecule has 500 valence electrons. The minimum atomic E-state index is -0.251. The van der Waals surface area contributed by atoms with Crippen molar-refractivity contribution >= 4 is 53.0 Å². The Balaban J connectivity index is 0.000000143. The van der Waals surface area contributed by atoms with E-state index in [1.165, 1.54) is 23.5 Å². The molecule has 10 heterocycles. The lowest BCUT2D eigenvalue weighted by Crippen LogP contribution is -2.52. The van der Waals surface area contributed by atoms with Gasteiger partial charge in [0.2, 0.25) is 11.8 Å². The van der Waals surface area contributed by atoms with Crippen LogP contribution >= 0.6 is 0 Å². The number of nitrogens with zero attached hydrogens (tertiary/aromatic N) is 11. The highest BCUT2D eigenvalue weighted by Crippen LogP contribution is 2.51. The highest BCUT2D eigenvalue weighted by Gasteiger charge is 2.50. The molecule has 0 aliphatic carbocycles. The zero-order chi connectivity index (χ0) is 65.4. The average Bonchev–Trinajstić information content (AvgIpc) is 1.65. The van der Waals surface area contributed by atoms with Crippen molar-refractivity contribution in [3.05, 3.63) is 107 Å². The van der Waals surface area contributed by atoms with Gasteiger partial charge in [0.25, 0.3) is 5.91 Å². The van der Waals surface area contributed by atoms with Crippen LogP contribution in [0, 0.1) is 17.7 Å². The monoisotopic (exact) mass is 1280 g/mol. The molecule has 0 unspecified atom stereocenters. The lowest BCUT2D eigenvalue weighted by molar-refractivity contribution is -0.117. The number of hydrogen-bond donors (Lipinski definition) is 0. The number of rotatable bonds is 7. The van der Waals surface area contributed by atoms with Crippen molar-refractivity contribution < 1.29 is 47.2 Å². The molecule has 21 heteroatoms. The summed E-state index contributed by atoms with van der Waals surface area (Å²) in [5, 5.41) is 3.76. The van der Waals surface area contributed by atoms with Crippen molar-refractivity contribution in [2.75, 3.05) is 140 Å². The van der Waals surface area contributed by atoms with Gasteiger partial charge in [-0.05, 0) is 177 Å². The Morgan fingerprint density at radius 2 is 0.978 bits per heavy atom. The molecular formula is C72H96FN11O9. The number of fused-ring (bicyclic) bond motifs is 6. The van der Waals surface area contributed by atoms with E-state index in [1.54, 1.807) is 55.9 Å². The third kappa shape index (κ3) is 14.4. The molecule has 6 fully saturated rings. The van der Waals surface area contributed by atoms with Gasteiger partial charge in [0.05, 0.1) is 6.61 Å². The van der Waals surface area contributed by atoms with Crippen LogP contribution in [0.2, 0.25) is 0 Å². The van der Waals surface area contributed by atoms with Crippen LogP contribution in [-0.4, -0.2) is 219 Å². The minimum Gasteiger partial charge on any atom is -0.450 e. The molecule has 13 rings (SSSR count). The van der Waals surface area contributed by atoms with Gasteiger partial charge < -0.3 is 58.1 Å². The number of urea groups is 1. The summed E-state index contributed by atoms with van der Waals surface area (Å²) in [4.78, 5) is 94.4. The summed E-state index contributed by atoms with van der Waals surface area (Å²) in [5.41, 5.74) is 7.03. The molecule has 0 atom stereocenters. The molecule has 9 aliphatic heterocycles. The van der Waals surface area contributed by atoms with Crippen molar-refractivity contribution in [2.45, 2.75) is 152 Å². The quantitative estimate of drug-likeness (QED) is 0.160. The number of halogens is 1. The summed E-state index contributed by atoms with van der Waals surface area (Å²) in [6.07, 6.45) is 14.8. The van der Waals surface area contributed by atoms with E-state index in [1.807, 2.05) is 43.6 Å². The first kappa shape index (κ1) is 66.9. The van der Waals surface area contributed by atoms with Gasteiger partial charge in [-0.1, -0.05) is 60.3 Å². The van der Waals surface area contributed by atoms with Gasteiger partial charge in [0.15, 0.2) is 12.3 Å². The van der Waals surface area contributed by atoms with Crippen LogP contribution in [0.1, 0.15) is 145 Å². The van der Waals surface area contributed by atoms with Crippen LogP contribution in [0.3, 0.4) is 0 Å². The number of aromatic nitrogens is 1. The Kier molecular flexibility index (Phi) is 21.1. The van der Waals surface area contributed by atoms with Gasteiger partial charge in [-0.15, -0.1) is 0 Å². The van der Waals surface area contributed by atoms with Crippen LogP contribution < -0.4 is 14.7 Å². The van der Waals surface area contributed by atoms with Crippen LogP contribution in [0.4, 0.5) is 35.8 Å². The van der Waals surface area contributed by atoms with Crippen LogP contribution in [-0.2, 0) is 35.3 Å². The summed E-state index contributed by atoms with van der Waals surface area (Å²) < 4.78 is 29.4. The molecule has 20 nitrogen and oxygen atoms in total. The number of piperidine rings is 6. The largest absolute Gasteiger partial charge is 0.450 e. The first-order chi connectivity index (χ1) is 45.0. The highest BCUT2D eigenvalue weighted by molar-refractivity contribution is 5.96. The molecule has 1 aromatic heterocycles. The lowest BCUT2D eigenvalue weighted by Gasteiger charge is -2.45.